The summed E-state index contributed by atoms with van der Waals surface area (Å²) in [5, 5.41) is 12.6. The number of ether oxygens (including phenoxy) is 1. The zero-order valence-electron chi connectivity index (χ0n) is 10.0. The summed E-state index contributed by atoms with van der Waals surface area (Å²) in [5.74, 6) is 1.02. The molecule has 0 aromatic heterocycles. The van der Waals surface area contributed by atoms with Gasteiger partial charge in [-0.3, -0.25) is 5.32 Å². The quantitative estimate of drug-likeness (QED) is 0.698. The van der Waals surface area contributed by atoms with E-state index < -0.39 is 5.54 Å². The van der Waals surface area contributed by atoms with Crippen LogP contribution in [-0.2, 0) is 4.74 Å². The van der Waals surface area contributed by atoms with Gasteiger partial charge in [-0.2, -0.15) is 5.26 Å². The number of hydrogen-bond acceptors (Lipinski definition) is 3. The lowest BCUT2D eigenvalue weighted by Crippen LogP contribution is -2.50. The summed E-state index contributed by atoms with van der Waals surface area (Å²) in [7, 11) is 0. The van der Waals surface area contributed by atoms with Crippen LogP contribution in [0, 0.1) is 23.2 Å². The average molecular weight is 210 g/mol. The Morgan fingerprint density at radius 2 is 2.20 bits per heavy atom. The molecule has 1 unspecified atom stereocenters. The molecule has 3 nitrogen and oxygen atoms in total. The summed E-state index contributed by atoms with van der Waals surface area (Å²) in [5.41, 5.74) is -0.427. The van der Waals surface area contributed by atoms with Crippen molar-refractivity contribution < 1.29 is 4.74 Å². The Labute approximate surface area is 92.8 Å². The Morgan fingerprint density at radius 3 is 2.60 bits per heavy atom. The number of hydrogen-bond donors (Lipinski definition) is 1. The van der Waals surface area contributed by atoms with Crippen molar-refractivity contribution >= 4 is 0 Å². The van der Waals surface area contributed by atoms with E-state index >= 15 is 0 Å². The van der Waals surface area contributed by atoms with Crippen molar-refractivity contribution in [1.29, 1.82) is 5.26 Å². The van der Waals surface area contributed by atoms with Crippen molar-refractivity contribution in [2.75, 3.05) is 19.8 Å². The van der Waals surface area contributed by atoms with Gasteiger partial charge >= 0.3 is 0 Å². The summed E-state index contributed by atoms with van der Waals surface area (Å²) in [6.45, 7) is 8.38. The predicted molar refractivity (Wildman–Crippen MR) is 60.4 cm³/mol. The first-order chi connectivity index (χ1) is 7.14. The highest BCUT2D eigenvalue weighted by Crippen LogP contribution is 2.39. The first kappa shape index (κ1) is 12.5. The molecule has 1 atom stereocenters. The van der Waals surface area contributed by atoms with E-state index in [0.717, 1.165) is 26.0 Å². The maximum absolute atomic E-state index is 9.29. The largest absolute Gasteiger partial charge is 0.378 e. The first-order valence-corrected chi connectivity index (χ1v) is 5.88. The van der Waals surface area contributed by atoms with Crippen LogP contribution in [0.1, 0.15) is 33.6 Å². The molecule has 0 saturated heterocycles. The number of nitrogens with zero attached hydrogens (tertiary/aromatic N) is 1. The average Bonchev–Trinajstić information content (AvgIpc) is 2.99. The van der Waals surface area contributed by atoms with Crippen LogP contribution in [0.2, 0.25) is 0 Å². The lowest BCUT2D eigenvalue weighted by Gasteiger charge is -2.27. The van der Waals surface area contributed by atoms with E-state index in [9.17, 15) is 5.26 Å². The Balaban J connectivity index is 2.45. The standard InChI is InChI=1S/C12H22N2O/c1-4-14-12(8-13,11-5-6-11)9-15-7-10(2)3/h10-11,14H,4-7,9H2,1-3H3. The van der Waals surface area contributed by atoms with Crippen molar-refractivity contribution in [2.24, 2.45) is 11.8 Å². The molecule has 0 spiro atoms. The fraction of sp³-hybridized carbons (Fsp3) is 0.917. The summed E-state index contributed by atoms with van der Waals surface area (Å²) in [6.07, 6.45) is 2.32. The fourth-order valence-electron chi connectivity index (χ4n) is 1.82. The molecule has 0 heterocycles. The van der Waals surface area contributed by atoms with Gasteiger partial charge < -0.3 is 4.74 Å². The van der Waals surface area contributed by atoms with Crippen molar-refractivity contribution in [2.45, 2.75) is 39.2 Å². The van der Waals surface area contributed by atoms with Gasteiger partial charge in [0.05, 0.1) is 12.7 Å². The van der Waals surface area contributed by atoms with Gasteiger partial charge in [0.25, 0.3) is 0 Å². The van der Waals surface area contributed by atoms with E-state index in [-0.39, 0.29) is 0 Å². The monoisotopic (exact) mass is 210 g/mol. The Bertz CT molecular complexity index is 230. The SMILES string of the molecule is CCNC(C#N)(COCC(C)C)C1CC1. The summed E-state index contributed by atoms with van der Waals surface area (Å²) in [6, 6.07) is 2.42. The number of nitrogens with one attached hydrogen (secondary N) is 1. The molecule has 1 aliphatic rings. The van der Waals surface area contributed by atoms with E-state index in [1.165, 1.54) is 0 Å². The van der Waals surface area contributed by atoms with E-state index in [4.69, 9.17) is 4.74 Å². The molecule has 86 valence electrons. The second kappa shape index (κ2) is 5.48. The molecule has 1 N–H and O–H groups in total. The highest BCUT2D eigenvalue weighted by atomic mass is 16.5. The zero-order chi connectivity index (χ0) is 11.3. The van der Waals surface area contributed by atoms with Gasteiger partial charge in [0.15, 0.2) is 0 Å². The summed E-state index contributed by atoms with van der Waals surface area (Å²) < 4.78 is 5.62. The van der Waals surface area contributed by atoms with Crippen LogP contribution in [-0.4, -0.2) is 25.3 Å². The Kier molecular flexibility index (Phi) is 4.56. The molecule has 0 radical (unpaired) electrons. The Morgan fingerprint density at radius 1 is 1.53 bits per heavy atom. The van der Waals surface area contributed by atoms with Crippen LogP contribution in [0.25, 0.3) is 0 Å². The molecule has 3 heteroatoms. The van der Waals surface area contributed by atoms with Crippen molar-refractivity contribution in [3.63, 3.8) is 0 Å². The third-order valence-electron chi connectivity index (χ3n) is 2.75. The molecule has 0 aromatic rings. The van der Waals surface area contributed by atoms with Gasteiger partial charge in [-0.05, 0) is 31.2 Å². The third-order valence-corrected chi connectivity index (χ3v) is 2.75. The number of rotatable bonds is 7. The van der Waals surface area contributed by atoms with E-state index in [1.54, 1.807) is 0 Å². The maximum Gasteiger partial charge on any atom is 0.133 e. The second-order valence-corrected chi connectivity index (χ2v) is 4.80. The van der Waals surface area contributed by atoms with Crippen LogP contribution >= 0.6 is 0 Å². The van der Waals surface area contributed by atoms with Crippen molar-refractivity contribution in [3.05, 3.63) is 0 Å². The minimum Gasteiger partial charge on any atom is -0.378 e. The number of nitriles is 1. The smallest absolute Gasteiger partial charge is 0.133 e. The van der Waals surface area contributed by atoms with Crippen LogP contribution in [0.3, 0.4) is 0 Å². The van der Waals surface area contributed by atoms with Crippen LogP contribution in [0.4, 0.5) is 0 Å². The lowest BCUT2D eigenvalue weighted by molar-refractivity contribution is 0.0644. The van der Waals surface area contributed by atoms with E-state index in [1.807, 2.05) is 6.92 Å². The molecule has 0 amide bonds. The summed E-state index contributed by atoms with van der Waals surface area (Å²) in [4.78, 5) is 0. The number of likely N-dealkylation sites (N-methyl/N-ethyl adjacent to an activating group) is 1. The Hall–Kier alpha value is -0.590. The van der Waals surface area contributed by atoms with Crippen LogP contribution in [0.5, 0.6) is 0 Å². The normalized spacial score (nSPS) is 19.9. The predicted octanol–water partition coefficient (Wildman–Crippen LogP) is 1.94. The molecule has 1 fully saturated rings. The molecule has 1 saturated carbocycles. The molecule has 0 aliphatic heterocycles. The van der Waals surface area contributed by atoms with Gasteiger partial charge in [0.2, 0.25) is 0 Å². The van der Waals surface area contributed by atoms with Crippen LogP contribution < -0.4 is 5.32 Å². The van der Waals surface area contributed by atoms with Crippen molar-refractivity contribution in [1.82, 2.24) is 5.32 Å². The van der Waals surface area contributed by atoms with E-state index in [2.05, 4.69) is 25.2 Å². The molecule has 1 rings (SSSR count). The second-order valence-electron chi connectivity index (χ2n) is 4.80. The van der Waals surface area contributed by atoms with Crippen molar-refractivity contribution in [3.8, 4) is 6.07 Å². The van der Waals surface area contributed by atoms with E-state index in [0.29, 0.717) is 18.4 Å². The van der Waals surface area contributed by atoms with Gasteiger partial charge in [-0.25, -0.2) is 0 Å². The molecule has 0 aromatic carbocycles. The van der Waals surface area contributed by atoms with Gasteiger partial charge in [-0.15, -0.1) is 0 Å². The third kappa shape index (κ3) is 3.48. The minimum atomic E-state index is -0.427. The van der Waals surface area contributed by atoms with Gasteiger partial charge in [-0.1, -0.05) is 20.8 Å². The van der Waals surface area contributed by atoms with Crippen LogP contribution in [0.15, 0.2) is 0 Å². The molecule has 15 heavy (non-hydrogen) atoms. The molecule has 1 aliphatic carbocycles. The maximum atomic E-state index is 9.29. The lowest BCUT2D eigenvalue weighted by atomic mass is 9.96. The molecular weight excluding hydrogens is 188 g/mol. The minimum absolute atomic E-state index is 0.427. The van der Waals surface area contributed by atoms with Gasteiger partial charge in [0.1, 0.15) is 5.54 Å². The topological polar surface area (TPSA) is 45.0 Å². The zero-order valence-corrected chi connectivity index (χ0v) is 10.0. The summed E-state index contributed by atoms with van der Waals surface area (Å²) >= 11 is 0. The van der Waals surface area contributed by atoms with Gasteiger partial charge in [0, 0.05) is 6.61 Å². The molecular formula is C12H22N2O. The highest BCUT2D eigenvalue weighted by Gasteiger charge is 2.45. The molecule has 0 bridgehead atoms. The fourth-order valence-corrected chi connectivity index (χ4v) is 1.82. The highest BCUT2D eigenvalue weighted by molar-refractivity contribution is 5.15. The first-order valence-electron chi connectivity index (χ1n) is 5.88.